The molecular weight excluding hydrogens is 329 g/mol. The van der Waals surface area contributed by atoms with E-state index >= 15 is 0 Å². The van der Waals surface area contributed by atoms with Gasteiger partial charge in [0.05, 0.1) is 11.1 Å². The molecule has 8 heteroatoms. The van der Waals surface area contributed by atoms with Crippen LogP contribution in [0.15, 0.2) is 47.6 Å². The van der Waals surface area contributed by atoms with Crippen molar-refractivity contribution >= 4 is 41.0 Å². The molecule has 112 valence electrons. The van der Waals surface area contributed by atoms with Gasteiger partial charge in [0.15, 0.2) is 0 Å². The minimum absolute atomic E-state index is 0.0359. The predicted octanol–water partition coefficient (Wildman–Crippen LogP) is 3.67. The fraction of sp³-hybridized carbons (Fsp3) is 0. The van der Waals surface area contributed by atoms with Gasteiger partial charge in [-0.25, -0.2) is 5.43 Å². The largest absolute Gasteiger partial charge is 0.288 e. The number of hydrogen-bond donors (Lipinski definition) is 1. The lowest BCUT2D eigenvalue weighted by atomic mass is 10.2. The van der Waals surface area contributed by atoms with Crippen LogP contribution >= 0.6 is 23.2 Å². The third kappa shape index (κ3) is 4.03. The molecule has 6 nitrogen and oxygen atoms in total. The van der Waals surface area contributed by atoms with E-state index in [1.165, 1.54) is 18.3 Å². The zero-order valence-corrected chi connectivity index (χ0v) is 12.5. The van der Waals surface area contributed by atoms with Crippen LogP contribution in [0.5, 0.6) is 0 Å². The van der Waals surface area contributed by atoms with E-state index in [0.29, 0.717) is 5.02 Å². The molecule has 0 aliphatic carbocycles. The van der Waals surface area contributed by atoms with E-state index in [4.69, 9.17) is 23.2 Å². The number of amides is 1. The number of nitro groups is 1. The lowest BCUT2D eigenvalue weighted by molar-refractivity contribution is -0.384. The van der Waals surface area contributed by atoms with Crippen LogP contribution in [0.4, 0.5) is 5.69 Å². The van der Waals surface area contributed by atoms with E-state index in [1.807, 2.05) is 0 Å². The van der Waals surface area contributed by atoms with E-state index in [1.54, 1.807) is 24.3 Å². The Kier molecular flexibility index (Phi) is 5.08. The van der Waals surface area contributed by atoms with Gasteiger partial charge in [-0.15, -0.1) is 0 Å². The molecule has 2 aromatic rings. The standard InChI is InChI=1S/C14H9Cl2N3O3/c15-11-4-1-9(2-5-11)8-17-18-14(20)10-3-6-12(16)13(7-10)19(21)22/h1-8H,(H,18,20)/b17-8+. The van der Waals surface area contributed by atoms with Gasteiger partial charge in [-0.2, -0.15) is 5.10 Å². The molecule has 2 aromatic carbocycles. The third-order valence-corrected chi connectivity index (χ3v) is 3.23. The maximum atomic E-state index is 11.9. The fourth-order valence-electron chi connectivity index (χ4n) is 1.57. The van der Waals surface area contributed by atoms with Gasteiger partial charge in [-0.05, 0) is 29.8 Å². The molecule has 0 fully saturated rings. The van der Waals surface area contributed by atoms with E-state index in [0.717, 1.165) is 11.6 Å². The maximum absolute atomic E-state index is 11.9. The Hall–Kier alpha value is -2.44. The lowest BCUT2D eigenvalue weighted by Gasteiger charge is -2.01. The van der Waals surface area contributed by atoms with Crippen molar-refractivity contribution in [2.24, 2.45) is 5.10 Å². The Bertz CT molecular complexity index is 745. The van der Waals surface area contributed by atoms with Crippen molar-refractivity contribution in [2.45, 2.75) is 0 Å². The van der Waals surface area contributed by atoms with Crippen LogP contribution in [0.1, 0.15) is 15.9 Å². The molecule has 0 saturated carbocycles. The van der Waals surface area contributed by atoms with Gasteiger partial charge >= 0.3 is 0 Å². The summed E-state index contributed by atoms with van der Waals surface area (Å²) in [4.78, 5) is 22.0. The first-order valence-electron chi connectivity index (χ1n) is 6.00. The monoisotopic (exact) mass is 337 g/mol. The highest BCUT2D eigenvalue weighted by Crippen LogP contribution is 2.24. The minimum atomic E-state index is -0.657. The smallest absolute Gasteiger partial charge is 0.267 e. The highest BCUT2D eigenvalue weighted by Gasteiger charge is 2.15. The second-order valence-corrected chi connectivity index (χ2v) is 5.02. The Labute approximate surface area is 135 Å². The summed E-state index contributed by atoms with van der Waals surface area (Å²) >= 11 is 11.4. The highest BCUT2D eigenvalue weighted by molar-refractivity contribution is 6.32. The maximum Gasteiger partial charge on any atom is 0.288 e. The van der Waals surface area contributed by atoms with Crippen molar-refractivity contribution in [3.63, 3.8) is 0 Å². The molecule has 0 aliphatic heterocycles. The number of halogens is 2. The summed E-state index contributed by atoms with van der Waals surface area (Å²) in [6.07, 6.45) is 1.43. The predicted molar refractivity (Wildman–Crippen MR) is 84.6 cm³/mol. The first-order chi connectivity index (χ1) is 10.5. The van der Waals surface area contributed by atoms with Crippen LogP contribution in [-0.4, -0.2) is 17.0 Å². The minimum Gasteiger partial charge on any atom is -0.267 e. The van der Waals surface area contributed by atoms with Crippen LogP contribution in [0, 0.1) is 10.1 Å². The van der Waals surface area contributed by atoms with E-state index in [2.05, 4.69) is 10.5 Å². The van der Waals surface area contributed by atoms with Crippen LogP contribution in [0.2, 0.25) is 10.0 Å². The first kappa shape index (κ1) is 15.9. The van der Waals surface area contributed by atoms with Crippen LogP contribution in [-0.2, 0) is 0 Å². The number of hydrogen-bond acceptors (Lipinski definition) is 4. The highest BCUT2D eigenvalue weighted by atomic mass is 35.5. The number of hydrazone groups is 1. The number of carbonyl (C=O) groups is 1. The summed E-state index contributed by atoms with van der Waals surface area (Å²) in [5.41, 5.74) is 2.77. The second kappa shape index (κ2) is 7.02. The molecule has 1 amide bonds. The summed E-state index contributed by atoms with van der Waals surface area (Å²) in [5, 5.41) is 15.1. The van der Waals surface area contributed by atoms with Crippen molar-refractivity contribution in [3.05, 3.63) is 73.8 Å². The molecule has 0 heterocycles. The average Bonchev–Trinajstić information content (AvgIpc) is 2.49. The molecule has 0 aromatic heterocycles. The van der Waals surface area contributed by atoms with Crippen molar-refractivity contribution in [3.8, 4) is 0 Å². The van der Waals surface area contributed by atoms with Crippen molar-refractivity contribution < 1.29 is 9.72 Å². The molecule has 2 rings (SSSR count). The van der Waals surface area contributed by atoms with Gasteiger partial charge in [-0.1, -0.05) is 35.3 Å². The summed E-state index contributed by atoms with van der Waals surface area (Å²) in [7, 11) is 0. The van der Waals surface area contributed by atoms with Gasteiger partial charge in [0, 0.05) is 16.7 Å². The number of carbonyl (C=O) groups excluding carboxylic acids is 1. The van der Waals surface area contributed by atoms with Gasteiger partial charge in [0.25, 0.3) is 11.6 Å². The number of nitrogens with one attached hydrogen (secondary N) is 1. The molecule has 1 N–H and O–H groups in total. The second-order valence-electron chi connectivity index (χ2n) is 4.17. The topological polar surface area (TPSA) is 84.6 Å². The van der Waals surface area contributed by atoms with Crippen molar-refractivity contribution in [1.29, 1.82) is 0 Å². The number of benzene rings is 2. The molecular formula is C14H9Cl2N3O3. The van der Waals surface area contributed by atoms with Gasteiger partial charge in [0.2, 0.25) is 0 Å². The molecule has 0 bridgehead atoms. The van der Waals surface area contributed by atoms with Crippen LogP contribution in [0.3, 0.4) is 0 Å². The summed E-state index contributed by atoms with van der Waals surface area (Å²) < 4.78 is 0. The van der Waals surface area contributed by atoms with E-state index < -0.39 is 10.8 Å². The molecule has 0 aliphatic rings. The molecule has 0 spiro atoms. The first-order valence-corrected chi connectivity index (χ1v) is 6.76. The summed E-state index contributed by atoms with van der Waals surface area (Å²) in [5.74, 6) is -0.579. The zero-order valence-electron chi connectivity index (χ0n) is 11.0. The Morgan fingerprint density at radius 3 is 2.50 bits per heavy atom. The lowest BCUT2D eigenvalue weighted by Crippen LogP contribution is -2.17. The Balaban J connectivity index is 2.08. The van der Waals surface area contributed by atoms with Gasteiger partial charge in [0.1, 0.15) is 5.02 Å². The SMILES string of the molecule is O=C(N/N=C/c1ccc(Cl)cc1)c1ccc(Cl)c([N+](=O)[O-])c1. The third-order valence-electron chi connectivity index (χ3n) is 2.65. The summed E-state index contributed by atoms with van der Waals surface area (Å²) in [6.45, 7) is 0. The Morgan fingerprint density at radius 1 is 1.18 bits per heavy atom. The van der Waals surface area contributed by atoms with Gasteiger partial charge in [-0.3, -0.25) is 14.9 Å². The molecule has 22 heavy (non-hydrogen) atoms. The van der Waals surface area contributed by atoms with Crippen molar-refractivity contribution in [2.75, 3.05) is 0 Å². The molecule has 0 atom stereocenters. The normalized spacial score (nSPS) is 10.6. The van der Waals surface area contributed by atoms with Gasteiger partial charge < -0.3 is 0 Å². The van der Waals surface area contributed by atoms with Crippen LogP contribution in [0.25, 0.3) is 0 Å². The summed E-state index contributed by atoms with van der Waals surface area (Å²) in [6, 6.07) is 10.6. The van der Waals surface area contributed by atoms with E-state index in [-0.39, 0.29) is 16.3 Å². The Morgan fingerprint density at radius 2 is 1.86 bits per heavy atom. The van der Waals surface area contributed by atoms with E-state index in [9.17, 15) is 14.9 Å². The van der Waals surface area contributed by atoms with Crippen LogP contribution < -0.4 is 5.43 Å². The quantitative estimate of drug-likeness (QED) is 0.524. The molecule has 0 saturated heterocycles. The number of nitro benzene ring substituents is 1. The fourth-order valence-corrected chi connectivity index (χ4v) is 1.89. The zero-order chi connectivity index (χ0) is 16.1. The molecule has 0 unspecified atom stereocenters. The average molecular weight is 338 g/mol. The number of rotatable bonds is 4. The van der Waals surface area contributed by atoms with Crippen molar-refractivity contribution in [1.82, 2.24) is 5.43 Å². The molecule has 0 radical (unpaired) electrons. The number of nitrogens with zero attached hydrogens (tertiary/aromatic N) is 2.